The number of rotatable bonds is 4. The Morgan fingerprint density at radius 2 is 0.977 bits per heavy atom. The van der Waals surface area contributed by atoms with Crippen LogP contribution in [0.4, 0.5) is 0 Å². The summed E-state index contributed by atoms with van der Waals surface area (Å²) < 4.78 is 0. The van der Waals surface area contributed by atoms with Crippen LogP contribution in [-0.4, -0.2) is 9.97 Å². The zero-order chi connectivity index (χ0) is 29.0. The number of fused-ring (bicyclic) bond motifs is 4. The second-order valence-corrected chi connectivity index (χ2v) is 11.8. The van der Waals surface area contributed by atoms with Crippen LogP contribution in [0, 0.1) is 0 Å². The summed E-state index contributed by atoms with van der Waals surface area (Å²) in [6.45, 7) is 4.66. The molecule has 7 aromatic rings. The van der Waals surface area contributed by atoms with Crippen molar-refractivity contribution in [1.82, 2.24) is 9.97 Å². The normalized spacial score (nSPS) is 13.1. The molecule has 8 rings (SSSR count). The van der Waals surface area contributed by atoms with Crippen molar-refractivity contribution in [2.24, 2.45) is 0 Å². The monoisotopic (exact) mass is 550 g/mol. The molecule has 2 heteroatoms. The third-order valence-electron chi connectivity index (χ3n) is 8.90. The molecule has 0 amide bonds. The molecule has 0 saturated heterocycles. The fourth-order valence-electron chi connectivity index (χ4n) is 6.67. The molecular weight excluding hydrogens is 520 g/mol. The van der Waals surface area contributed by atoms with E-state index in [1.165, 1.54) is 44.2 Å². The van der Waals surface area contributed by atoms with Gasteiger partial charge in [-0.1, -0.05) is 147 Å². The summed E-state index contributed by atoms with van der Waals surface area (Å²) in [6.07, 6.45) is 0. The maximum absolute atomic E-state index is 5.34. The van der Waals surface area contributed by atoms with Gasteiger partial charge in [0.05, 0.1) is 11.4 Å². The van der Waals surface area contributed by atoms with Crippen molar-refractivity contribution in [2.75, 3.05) is 0 Å². The molecule has 204 valence electrons. The quantitative estimate of drug-likeness (QED) is 0.218. The number of nitrogens with zero attached hydrogens (tertiary/aromatic N) is 2. The summed E-state index contributed by atoms with van der Waals surface area (Å²) in [4.78, 5) is 10.6. The summed E-state index contributed by atoms with van der Waals surface area (Å²) in [5.74, 6) is 0.754. The molecule has 0 spiro atoms. The standard InChI is InChI=1S/C41H30N2/c1-41(2)34-20-12-11-19-33(34)38-35(41)25-31-17-9-10-18-32(31)39(38)40-42-36(29-15-7-4-8-16-29)26-37(43-40)30-23-21-28(22-24-30)27-13-5-3-6-14-27/h3-26H,1-2H3. The molecule has 0 unspecified atom stereocenters. The summed E-state index contributed by atoms with van der Waals surface area (Å²) in [5, 5.41) is 2.38. The Kier molecular flexibility index (Phi) is 5.84. The number of aromatic nitrogens is 2. The van der Waals surface area contributed by atoms with Crippen LogP contribution in [0.1, 0.15) is 25.0 Å². The number of benzene rings is 6. The van der Waals surface area contributed by atoms with Crippen LogP contribution in [0.5, 0.6) is 0 Å². The predicted octanol–water partition coefficient (Wildman–Crippen LogP) is 10.6. The molecule has 0 saturated carbocycles. The molecule has 0 radical (unpaired) electrons. The molecule has 0 fully saturated rings. The first-order chi connectivity index (χ1) is 21.1. The van der Waals surface area contributed by atoms with Gasteiger partial charge >= 0.3 is 0 Å². The first kappa shape index (κ1) is 25.4. The van der Waals surface area contributed by atoms with E-state index in [-0.39, 0.29) is 5.41 Å². The molecule has 1 heterocycles. The minimum absolute atomic E-state index is 0.127. The lowest BCUT2D eigenvalue weighted by molar-refractivity contribution is 0.661. The van der Waals surface area contributed by atoms with E-state index < -0.39 is 0 Å². The molecule has 6 aromatic carbocycles. The second-order valence-electron chi connectivity index (χ2n) is 11.8. The van der Waals surface area contributed by atoms with E-state index in [0.717, 1.165) is 33.9 Å². The third kappa shape index (κ3) is 4.18. The van der Waals surface area contributed by atoms with Gasteiger partial charge in [-0.3, -0.25) is 0 Å². The Balaban J connectivity index is 1.40. The fraction of sp³-hybridized carbons (Fsp3) is 0.0732. The van der Waals surface area contributed by atoms with Crippen LogP contribution in [0.25, 0.3) is 66.9 Å². The Morgan fingerprint density at radius 3 is 1.70 bits per heavy atom. The van der Waals surface area contributed by atoms with E-state index in [0.29, 0.717) is 0 Å². The van der Waals surface area contributed by atoms with E-state index in [4.69, 9.17) is 9.97 Å². The first-order valence-corrected chi connectivity index (χ1v) is 14.8. The van der Waals surface area contributed by atoms with E-state index in [1.807, 2.05) is 6.07 Å². The smallest absolute Gasteiger partial charge is 0.161 e. The van der Waals surface area contributed by atoms with Crippen molar-refractivity contribution in [1.29, 1.82) is 0 Å². The lowest BCUT2D eigenvalue weighted by Crippen LogP contribution is -2.15. The van der Waals surface area contributed by atoms with Crippen LogP contribution < -0.4 is 0 Å². The molecule has 43 heavy (non-hydrogen) atoms. The molecule has 1 aliphatic carbocycles. The molecule has 0 atom stereocenters. The first-order valence-electron chi connectivity index (χ1n) is 14.8. The average Bonchev–Trinajstić information content (AvgIpc) is 3.30. The van der Waals surface area contributed by atoms with Gasteiger partial charge in [0.2, 0.25) is 0 Å². The van der Waals surface area contributed by atoms with Crippen molar-refractivity contribution >= 4 is 10.8 Å². The zero-order valence-corrected chi connectivity index (χ0v) is 24.3. The van der Waals surface area contributed by atoms with Gasteiger partial charge in [0, 0.05) is 22.1 Å². The highest BCUT2D eigenvalue weighted by Gasteiger charge is 2.38. The largest absolute Gasteiger partial charge is 0.228 e. The third-order valence-corrected chi connectivity index (χ3v) is 8.90. The van der Waals surface area contributed by atoms with Gasteiger partial charge in [-0.25, -0.2) is 9.97 Å². The van der Waals surface area contributed by atoms with Gasteiger partial charge in [0.25, 0.3) is 0 Å². The van der Waals surface area contributed by atoms with Crippen molar-refractivity contribution in [3.8, 4) is 56.2 Å². The van der Waals surface area contributed by atoms with Crippen LogP contribution in [0.3, 0.4) is 0 Å². The SMILES string of the molecule is CC1(C)c2ccccc2-c2c1cc1ccccc1c2-c1nc(-c2ccccc2)cc(-c2ccc(-c3ccccc3)cc2)n1. The maximum Gasteiger partial charge on any atom is 0.161 e. The summed E-state index contributed by atoms with van der Waals surface area (Å²) in [6, 6.07) is 51.6. The van der Waals surface area contributed by atoms with Crippen molar-refractivity contribution in [3.63, 3.8) is 0 Å². The van der Waals surface area contributed by atoms with Crippen LogP contribution in [0.15, 0.2) is 146 Å². The van der Waals surface area contributed by atoms with Crippen LogP contribution >= 0.6 is 0 Å². The Morgan fingerprint density at radius 1 is 0.442 bits per heavy atom. The lowest BCUT2D eigenvalue weighted by Gasteiger charge is -2.22. The molecule has 0 N–H and O–H groups in total. The van der Waals surface area contributed by atoms with Crippen LogP contribution in [-0.2, 0) is 5.41 Å². The predicted molar refractivity (Wildman–Crippen MR) is 179 cm³/mol. The van der Waals surface area contributed by atoms with Gasteiger partial charge in [0.1, 0.15) is 0 Å². The topological polar surface area (TPSA) is 25.8 Å². The summed E-state index contributed by atoms with van der Waals surface area (Å²) in [7, 11) is 0. The van der Waals surface area contributed by atoms with E-state index >= 15 is 0 Å². The van der Waals surface area contributed by atoms with E-state index in [1.54, 1.807) is 0 Å². The molecular formula is C41H30N2. The number of hydrogen-bond donors (Lipinski definition) is 0. The van der Waals surface area contributed by atoms with Gasteiger partial charge in [-0.15, -0.1) is 0 Å². The van der Waals surface area contributed by atoms with E-state index in [9.17, 15) is 0 Å². The van der Waals surface area contributed by atoms with Gasteiger partial charge in [-0.2, -0.15) is 0 Å². The second kappa shape index (κ2) is 9.89. The summed E-state index contributed by atoms with van der Waals surface area (Å²) >= 11 is 0. The highest BCUT2D eigenvalue weighted by Crippen LogP contribution is 2.54. The minimum atomic E-state index is -0.127. The lowest BCUT2D eigenvalue weighted by atomic mass is 9.81. The molecule has 2 nitrogen and oxygen atoms in total. The van der Waals surface area contributed by atoms with E-state index in [2.05, 4.69) is 153 Å². The van der Waals surface area contributed by atoms with Gasteiger partial charge in [-0.05, 0) is 56.3 Å². The zero-order valence-electron chi connectivity index (χ0n) is 24.3. The van der Waals surface area contributed by atoms with Crippen LogP contribution in [0.2, 0.25) is 0 Å². The average molecular weight is 551 g/mol. The Bertz CT molecular complexity index is 2130. The fourth-order valence-corrected chi connectivity index (χ4v) is 6.67. The van der Waals surface area contributed by atoms with Crippen molar-refractivity contribution < 1.29 is 0 Å². The molecule has 0 bridgehead atoms. The molecule has 1 aliphatic rings. The van der Waals surface area contributed by atoms with Gasteiger partial charge < -0.3 is 0 Å². The van der Waals surface area contributed by atoms with Crippen molar-refractivity contribution in [3.05, 3.63) is 157 Å². The molecule has 1 aromatic heterocycles. The Labute approximate surface area is 252 Å². The van der Waals surface area contributed by atoms with Crippen molar-refractivity contribution in [2.45, 2.75) is 19.3 Å². The number of hydrogen-bond acceptors (Lipinski definition) is 2. The maximum atomic E-state index is 5.34. The highest BCUT2D eigenvalue weighted by atomic mass is 14.9. The molecule has 0 aliphatic heterocycles. The highest BCUT2D eigenvalue weighted by molar-refractivity contribution is 6.07. The van der Waals surface area contributed by atoms with Gasteiger partial charge in [0.15, 0.2) is 5.82 Å². The minimum Gasteiger partial charge on any atom is -0.228 e. The summed E-state index contributed by atoms with van der Waals surface area (Å²) in [5.41, 5.74) is 12.5. The Hall–Kier alpha value is -5.34.